The molecular weight excluding hydrogens is 373 g/mol. The van der Waals surface area contributed by atoms with Gasteiger partial charge in [0.2, 0.25) is 0 Å². The molecule has 0 saturated carbocycles. The molecule has 4 aliphatic rings. The lowest BCUT2D eigenvalue weighted by molar-refractivity contribution is 0.335. The zero-order chi connectivity index (χ0) is 18.1. The molecule has 0 fully saturated rings. The summed E-state index contributed by atoms with van der Waals surface area (Å²) < 4.78 is 0. The van der Waals surface area contributed by atoms with Gasteiger partial charge in [0.1, 0.15) is 0 Å². The fourth-order valence-corrected chi connectivity index (χ4v) is 6.34. The van der Waals surface area contributed by atoms with Gasteiger partial charge in [-0.3, -0.25) is 0 Å². The van der Waals surface area contributed by atoms with Gasteiger partial charge in [-0.05, 0) is 65.6 Å². The van der Waals surface area contributed by atoms with Crippen LogP contribution in [0.25, 0.3) is 0 Å². The lowest BCUT2D eigenvalue weighted by atomic mass is 9.71. The fraction of sp³-hybridized carbons (Fsp3) is 0.333. The van der Waals surface area contributed by atoms with Crippen molar-refractivity contribution in [3.05, 3.63) is 87.4 Å². The summed E-state index contributed by atoms with van der Waals surface area (Å²) in [4.78, 5) is 2.70. The van der Waals surface area contributed by atoms with Crippen LogP contribution in [0, 0.1) is 11.8 Å². The van der Waals surface area contributed by atoms with Crippen LogP contribution in [0.1, 0.15) is 47.4 Å². The molecule has 0 saturated heterocycles. The Kier molecular flexibility index (Phi) is 3.55. The lowest BCUT2D eigenvalue weighted by Gasteiger charge is -2.51. The van der Waals surface area contributed by atoms with Gasteiger partial charge in [-0.25, -0.2) is 0 Å². The van der Waals surface area contributed by atoms with Crippen molar-refractivity contribution in [1.29, 1.82) is 0 Å². The van der Waals surface area contributed by atoms with Gasteiger partial charge in [0.15, 0.2) is 0 Å². The molecule has 0 aromatic heterocycles. The van der Waals surface area contributed by atoms with E-state index in [1.807, 2.05) is 12.1 Å². The molecule has 27 heavy (non-hydrogen) atoms. The predicted molar refractivity (Wildman–Crippen MR) is 113 cm³/mol. The van der Waals surface area contributed by atoms with E-state index in [0.717, 1.165) is 23.0 Å². The smallest absolute Gasteiger partial charge is 0.0582 e. The summed E-state index contributed by atoms with van der Waals surface area (Å²) in [5.74, 6) is 2.19. The topological polar surface area (TPSA) is 3.24 Å². The summed E-state index contributed by atoms with van der Waals surface area (Å²) in [6, 6.07) is 13.4. The molecule has 0 bridgehead atoms. The standard InChI is InChI=1S/C24H21Cl2N/c25-16-9-7-14(8-10-16)23-20-6-2-5-19(20)22-12-17(26)11-21-18-4-1-3-15(18)13-27(23)24(21)22/h1-2,4-5,7-12,15,18-20,23H,3,6,13H2/t15-,18-,19+,20-,23-/m1/s1. The Morgan fingerprint density at radius 2 is 1.52 bits per heavy atom. The average molecular weight is 394 g/mol. The normalized spacial score (nSPS) is 32.4. The lowest BCUT2D eigenvalue weighted by Crippen LogP contribution is -2.46. The molecule has 2 heterocycles. The van der Waals surface area contributed by atoms with Crippen LogP contribution in [0.5, 0.6) is 0 Å². The summed E-state index contributed by atoms with van der Waals surface area (Å²) in [7, 11) is 0. The number of anilines is 1. The van der Waals surface area contributed by atoms with Gasteiger partial charge in [-0.15, -0.1) is 0 Å². The maximum absolute atomic E-state index is 6.60. The van der Waals surface area contributed by atoms with E-state index in [2.05, 4.69) is 53.5 Å². The van der Waals surface area contributed by atoms with Crippen LogP contribution in [0.15, 0.2) is 60.7 Å². The van der Waals surface area contributed by atoms with Gasteiger partial charge < -0.3 is 4.90 Å². The van der Waals surface area contributed by atoms with Crippen molar-refractivity contribution in [3.63, 3.8) is 0 Å². The fourth-order valence-electron chi connectivity index (χ4n) is 5.98. The Hall–Kier alpha value is -1.70. The monoisotopic (exact) mass is 393 g/mol. The minimum atomic E-state index is 0.399. The van der Waals surface area contributed by atoms with E-state index < -0.39 is 0 Å². The minimum Gasteiger partial charge on any atom is -0.363 e. The Bertz CT molecular complexity index is 957. The van der Waals surface area contributed by atoms with Crippen molar-refractivity contribution < 1.29 is 0 Å². The first kappa shape index (κ1) is 16.3. The number of nitrogens with zero attached hydrogens (tertiary/aromatic N) is 1. The summed E-state index contributed by atoms with van der Waals surface area (Å²) in [5, 5.41) is 1.69. The summed E-state index contributed by atoms with van der Waals surface area (Å²) in [6.45, 7) is 1.12. The van der Waals surface area contributed by atoms with Crippen LogP contribution < -0.4 is 4.90 Å². The number of hydrogen-bond acceptors (Lipinski definition) is 1. The maximum atomic E-state index is 6.60. The van der Waals surface area contributed by atoms with E-state index in [1.165, 1.54) is 28.8 Å². The Labute approximate surface area is 170 Å². The van der Waals surface area contributed by atoms with Crippen molar-refractivity contribution in [2.45, 2.75) is 30.7 Å². The molecule has 2 aliphatic carbocycles. The third-order valence-corrected chi connectivity index (χ3v) is 7.50. The second-order valence-corrected chi connectivity index (χ2v) is 9.26. The van der Waals surface area contributed by atoms with Gasteiger partial charge in [0.05, 0.1) is 6.04 Å². The average Bonchev–Trinajstić information content (AvgIpc) is 3.32. The third kappa shape index (κ3) is 2.31. The van der Waals surface area contributed by atoms with E-state index in [0.29, 0.717) is 29.7 Å². The second-order valence-electron chi connectivity index (χ2n) is 8.38. The van der Waals surface area contributed by atoms with E-state index in [9.17, 15) is 0 Å². The first-order valence-corrected chi connectivity index (χ1v) is 10.6. The quantitative estimate of drug-likeness (QED) is 0.476. The molecule has 0 unspecified atom stereocenters. The van der Waals surface area contributed by atoms with E-state index in [-0.39, 0.29) is 0 Å². The highest BCUT2D eigenvalue weighted by molar-refractivity contribution is 6.31. The Morgan fingerprint density at radius 3 is 2.33 bits per heavy atom. The Morgan fingerprint density at radius 1 is 0.815 bits per heavy atom. The number of fused-ring (bicyclic) bond motifs is 4. The van der Waals surface area contributed by atoms with E-state index in [1.54, 1.807) is 0 Å². The van der Waals surface area contributed by atoms with Crippen LogP contribution in [-0.4, -0.2) is 6.54 Å². The molecule has 136 valence electrons. The number of benzene rings is 2. The first-order valence-electron chi connectivity index (χ1n) is 9.89. The minimum absolute atomic E-state index is 0.399. The van der Waals surface area contributed by atoms with Crippen LogP contribution in [0.2, 0.25) is 10.0 Å². The molecule has 0 radical (unpaired) electrons. The van der Waals surface area contributed by atoms with Crippen molar-refractivity contribution in [2.24, 2.45) is 11.8 Å². The number of hydrogen-bond donors (Lipinski definition) is 0. The van der Waals surface area contributed by atoms with Crippen molar-refractivity contribution in [2.75, 3.05) is 11.4 Å². The molecule has 6 rings (SSSR count). The summed E-state index contributed by atoms with van der Waals surface area (Å²) >= 11 is 12.8. The highest BCUT2D eigenvalue weighted by Gasteiger charge is 2.47. The number of rotatable bonds is 1. The SMILES string of the molecule is Clc1ccc([C@@H]2[C@@H]3CC=C[C@@H]3c3cc(Cl)cc4c3N2C[C@H]2CC=C[C@@H]42)cc1. The zero-order valence-corrected chi connectivity index (χ0v) is 16.5. The summed E-state index contributed by atoms with van der Waals surface area (Å²) in [6.07, 6.45) is 11.8. The van der Waals surface area contributed by atoms with Gasteiger partial charge in [-0.1, -0.05) is 59.6 Å². The third-order valence-electron chi connectivity index (χ3n) is 7.03. The number of allylic oxidation sites excluding steroid dienone is 4. The molecule has 0 N–H and O–H groups in total. The van der Waals surface area contributed by atoms with Crippen LogP contribution in [0.3, 0.4) is 0 Å². The van der Waals surface area contributed by atoms with Crippen molar-refractivity contribution in [1.82, 2.24) is 0 Å². The molecule has 2 aromatic carbocycles. The number of halogens is 2. The van der Waals surface area contributed by atoms with Crippen LogP contribution in [0.4, 0.5) is 5.69 Å². The van der Waals surface area contributed by atoms with Crippen LogP contribution in [-0.2, 0) is 0 Å². The highest BCUT2D eigenvalue weighted by Crippen LogP contribution is 2.59. The molecule has 1 nitrogen and oxygen atoms in total. The van der Waals surface area contributed by atoms with E-state index >= 15 is 0 Å². The molecular formula is C24H21Cl2N. The zero-order valence-electron chi connectivity index (χ0n) is 15.0. The predicted octanol–water partition coefficient (Wildman–Crippen LogP) is 6.89. The van der Waals surface area contributed by atoms with Crippen molar-refractivity contribution >= 4 is 28.9 Å². The summed E-state index contributed by atoms with van der Waals surface area (Å²) in [5.41, 5.74) is 5.69. The highest BCUT2D eigenvalue weighted by atomic mass is 35.5. The van der Waals surface area contributed by atoms with Gasteiger partial charge >= 0.3 is 0 Å². The molecule has 0 amide bonds. The van der Waals surface area contributed by atoms with Crippen LogP contribution >= 0.6 is 23.2 Å². The van der Waals surface area contributed by atoms with Gasteiger partial charge in [0.25, 0.3) is 0 Å². The largest absolute Gasteiger partial charge is 0.363 e. The van der Waals surface area contributed by atoms with E-state index in [4.69, 9.17) is 23.2 Å². The van der Waals surface area contributed by atoms with Gasteiger partial charge in [-0.2, -0.15) is 0 Å². The molecule has 3 heteroatoms. The molecule has 5 atom stereocenters. The van der Waals surface area contributed by atoms with Crippen molar-refractivity contribution in [3.8, 4) is 0 Å². The second kappa shape index (κ2) is 5.90. The maximum Gasteiger partial charge on any atom is 0.0582 e. The molecule has 0 spiro atoms. The Balaban J connectivity index is 1.59. The first-order chi connectivity index (χ1) is 13.2. The van der Waals surface area contributed by atoms with Gasteiger partial charge in [0, 0.05) is 34.1 Å². The molecule has 2 aliphatic heterocycles. The molecule has 2 aromatic rings.